The van der Waals surface area contributed by atoms with Crippen LogP contribution < -0.4 is 15.4 Å². The van der Waals surface area contributed by atoms with Crippen molar-refractivity contribution in [3.8, 4) is 5.75 Å². The normalized spacial score (nSPS) is 16.6. The van der Waals surface area contributed by atoms with Gasteiger partial charge in [-0.15, -0.1) is 0 Å². The Hall–Kier alpha value is -4.14. The Morgan fingerprint density at radius 2 is 1.66 bits per heavy atom. The third kappa shape index (κ3) is 5.88. The van der Waals surface area contributed by atoms with Crippen molar-refractivity contribution < 1.29 is 19.1 Å². The molecule has 1 atom stereocenters. The maximum absolute atomic E-state index is 13.2. The van der Waals surface area contributed by atoms with Crippen molar-refractivity contribution in [1.82, 2.24) is 25.3 Å². The Bertz CT molecular complexity index is 1300. The lowest BCUT2D eigenvalue weighted by molar-refractivity contribution is -0.132. The number of carbonyl (C=O) groups is 3. The molecule has 0 bridgehead atoms. The standard InChI is InChI=1S/C29H35N5O4/c1-5-6-15-38-23-13-11-22(12-14-23)17-30-26(35)24-16-25-27(36)33(4)29(3,19-34(25)32-24)28(37)31-18-21-9-7-20(2)8-10-21/h7-14,16H,5-6,15,17-19H2,1-4H3,(H,30,35)(H,31,37)/t29-/m0/s1. The Morgan fingerprint density at radius 1 is 1.03 bits per heavy atom. The molecule has 200 valence electrons. The lowest BCUT2D eigenvalue weighted by atomic mass is 9.95. The third-order valence-electron chi connectivity index (χ3n) is 6.94. The number of likely N-dealkylation sites (N-methyl/N-ethyl adjacent to an activating group) is 1. The van der Waals surface area contributed by atoms with Crippen LogP contribution in [0.4, 0.5) is 0 Å². The average molecular weight is 518 g/mol. The first-order valence-corrected chi connectivity index (χ1v) is 12.9. The molecule has 9 nitrogen and oxygen atoms in total. The van der Waals surface area contributed by atoms with Gasteiger partial charge in [0.25, 0.3) is 11.8 Å². The number of unbranched alkanes of at least 4 members (excludes halogenated alkanes) is 1. The summed E-state index contributed by atoms with van der Waals surface area (Å²) in [5, 5.41) is 10.1. The van der Waals surface area contributed by atoms with Crippen LogP contribution in [0.25, 0.3) is 0 Å². The van der Waals surface area contributed by atoms with Crippen molar-refractivity contribution in [3.05, 3.63) is 82.7 Å². The van der Waals surface area contributed by atoms with Crippen LogP contribution in [0, 0.1) is 6.92 Å². The lowest BCUT2D eigenvalue weighted by Crippen LogP contribution is -2.62. The highest BCUT2D eigenvalue weighted by molar-refractivity contribution is 6.01. The van der Waals surface area contributed by atoms with Crippen molar-refractivity contribution in [3.63, 3.8) is 0 Å². The van der Waals surface area contributed by atoms with Crippen LogP contribution in [0.1, 0.15) is 64.4 Å². The van der Waals surface area contributed by atoms with Gasteiger partial charge in [0.1, 0.15) is 17.0 Å². The lowest BCUT2D eigenvalue weighted by Gasteiger charge is -2.40. The molecule has 2 N–H and O–H groups in total. The SMILES string of the molecule is CCCCOc1ccc(CNC(=O)c2cc3n(n2)C[C@@](C)(C(=O)NCc2ccc(C)cc2)N(C)C3=O)cc1. The number of amides is 3. The predicted octanol–water partition coefficient (Wildman–Crippen LogP) is 3.46. The van der Waals surface area contributed by atoms with E-state index in [2.05, 4.69) is 22.7 Å². The molecule has 1 aliphatic heterocycles. The molecule has 3 amide bonds. The van der Waals surface area contributed by atoms with E-state index in [-0.39, 0.29) is 29.7 Å². The number of fused-ring (bicyclic) bond motifs is 1. The minimum absolute atomic E-state index is 0.130. The number of ether oxygens (including phenoxy) is 1. The van der Waals surface area contributed by atoms with Crippen molar-refractivity contribution in [2.45, 2.75) is 58.8 Å². The second kappa shape index (κ2) is 11.5. The molecule has 3 aromatic rings. The summed E-state index contributed by atoms with van der Waals surface area (Å²) < 4.78 is 7.12. The van der Waals surface area contributed by atoms with E-state index in [9.17, 15) is 14.4 Å². The summed E-state index contributed by atoms with van der Waals surface area (Å²) in [6, 6.07) is 16.9. The first kappa shape index (κ1) is 26.9. The molecular formula is C29H35N5O4. The maximum atomic E-state index is 13.2. The number of hydrogen-bond acceptors (Lipinski definition) is 5. The minimum Gasteiger partial charge on any atom is -0.494 e. The fraction of sp³-hybridized carbons (Fsp3) is 0.379. The Labute approximate surface area is 223 Å². The fourth-order valence-electron chi connectivity index (χ4n) is 4.23. The maximum Gasteiger partial charge on any atom is 0.272 e. The molecule has 0 unspecified atom stereocenters. The van der Waals surface area contributed by atoms with Crippen LogP contribution in [-0.2, 0) is 24.4 Å². The van der Waals surface area contributed by atoms with Crippen LogP contribution in [0.3, 0.4) is 0 Å². The number of benzene rings is 2. The van der Waals surface area contributed by atoms with Gasteiger partial charge >= 0.3 is 0 Å². The summed E-state index contributed by atoms with van der Waals surface area (Å²) >= 11 is 0. The Balaban J connectivity index is 1.38. The quantitative estimate of drug-likeness (QED) is 0.401. The summed E-state index contributed by atoms with van der Waals surface area (Å²) in [7, 11) is 1.60. The van der Waals surface area contributed by atoms with Crippen molar-refractivity contribution >= 4 is 17.7 Å². The monoisotopic (exact) mass is 517 g/mol. The van der Waals surface area contributed by atoms with E-state index in [4.69, 9.17) is 4.74 Å². The summed E-state index contributed by atoms with van der Waals surface area (Å²) in [5.74, 6) is -0.252. The van der Waals surface area contributed by atoms with Crippen LogP contribution >= 0.6 is 0 Å². The number of hydrogen-bond donors (Lipinski definition) is 2. The summed E-state index contributed by atoms with van der Waals surface area (Å²) in [6.07, 6.45) is 2.08. The minimum atomic E-state index is -1.16. The molecule has 0 saturated heterocycles. The number of rotatable bonds is 10. The molecule has 0 saturated carbocycles. The summed E-state index contributed by atoms with van der Waals surface area (Å²) in [5.41, 5.74) is 2.27. The van der Waals surface area contributed by atoms with Crippen LogP contribution in [0.15, 0.2) is 54.6 Å². The molecular weight excluding hydrogens is 482 g/mol. The molecule has 1 aliphatic rings. The molecule has 0 spiro atoms. The first-order chi connectivity index (χ1) is 18.2. The highest BCUT2D eigenvalue weighted by Gasteiger charge is 2.46. The number of carbonyl (C=O) groups excluding carboxylic acids is 3. The van der Waals surface area contributed by atoms with E-state index in [0.717, 1.165) is 35.3 Å². The van der Waals surface area contributed by atoms with Crippen molar-refractivity contribution in [2.75, 3.05) is 13.7 Å². The van der Waals surface area contributed by atoms with E-state index in [1.54, 1.807) is 14.0 Å². The van der Waals surface area contributed by atoms with Gasteiger partial charge in [0.15, 0.2) is 5.69 Å². The third-order valence-corrected chi connectivity index (χ3v) is 6.94. The molecule has 0 fully saturated rings. The molecule has 9 heteroatoms. The van der Waals surface area contributed by atoms with E-state index in [1.165, 1.54) is 15.6 Å². The van der Waals surface area contributed by atoms with E-state index in [1.807, 2.05) is 55.5 Å². The van der Waals surface area contributed by atoms with Gasteiger partial charge < -0.3 is 20.3 Å². The van der Waals surface area contributed by atoms with Crippen molar-refractivity contribution in [2.24, 2.45) is 0 Å². The van der Waals surface area contributed by atoms with Crippen molar-refractivity contribution in [1.29, 1.82) is 0 Å². The molecule has 38 heavy (non-hydrogen) atoms. The van der Waals surface area contributed by atoms with Gasteiger partial charge in [0, 0.05) is 26.2 Å². The second-order valence-corrected chi connectivity index (χ2v) is 9.91. The summed E-state index contributed by atoms with van der Waals surface area (Å²) in [4.78, 5) is 40.6. The van der Waals surface area contributed by atoms with Crippen LogP contribution in [-0.4, -0.2) is 51.6 Å². The van der Waals surface area contributed by atoms with Gasteiger partial charge in [-0.25, -0.2) is 0 Å². The molecule has 4 rings (SSSR count). The molecule has 1 aromatic heterocycles. The molecule has 0 radical (unpaired) electrons. The fourth-order valence-corrected chi connectivity index (χ4v) is 4.23. The topological polar surface area (TPSA) is 106 Å². The number of aryl methyl sites for hydroxylation is 1. The van der Waals surface area contributed by atoms with Gasteiger partial charge in [0.2, 0.25) is 5.91 Å². The zero-order valence-corrected chi connectivity index (χ0v) is 22.4. The van der Waals surface area contributed by atoms with Gasteiger partial charge in [-0.2, -0.15) is 5.10 Å². The number of nitrogens with zero attached hydrogens (tertiary/aromatic N) is 3. The van der Waals surface area contributed by atoms with Gasteiger partial charge in [0.05, 0.1) is 13.2 Å². The van der Waals surface area contributed by atoms with Gasteiger partial charge in [-0.1, -0.05) is 55.3 Å². The number of aromatic nitrogens is 2. The van der Waals surface area contributed by atoms with Crippen LogP contribution in [0.2, 0.25) is 0 Å². The second-order valence-electron chi connectivity index (χ2n) is 9.91. The highest BCUT2D eigenvalue weighted by atomic mass is 16.5. The van der Waals surface area contributed by atoms with E-state index >= 15 is 0 Å². The van der Waals surface area contributed by atoms with Gasteiger partial charge in [-0.05, 0) is 43.5 Å². The number of nitrogens with one attached hydrogen (secondary N) is 2. The van der Waals surface area contributed by atoms with E-state index in [0.29, 0.717) is 19.7 Å². The molecule has 2 aromatic carbocycles. The Morgan fingerprint density at radius 3 is 2.32 bits per heavy atom. The van der Waals surface area contributed by atoms with Crippen LogP contribution in [0.5, 0.6) is 5.75 Å². The predicted molar refractivity (Wildman–Crippen MR) is 144 cm³/mol. The van der Waals surface area contributed by atoms with E-state index < -0.39 is 11.4 Å². The first-order valence-electron chi connectivity index (χ1n) is 12.9. The molecule has 0 aliphatic carbocycles. The van der Waals surface area contributed by atoms with Gasteiger partial charge in [-0.3, -0.25) is 19.1 Å². The highest BCUT2D eigenvalue weighted by Crippen LogP contribution is 2.26. The largest absolute Gasteiger partial charge is 0.494 e. The zero-order chi connectivity index (χ0) is 27.3. The average Bonchev–Trinajstić information content (AvgIpc) is 3.34. The smallest absolute Gasteiger partial charge is 0.272 e. The Kier molecular flexibility index (Phi) is 8.14. The summed E-state index contributed by atoms with van der Waals surface area (Å²) in [6.45, 7) is 7.30. The molecule has 2 heterocycles. The zero-order valence-electron chi connectivity index (χ0n) is 22.4.